The third-order valence-corrected chi connectivity index (χ3v) is 9.12. The van der Waals surface area contributed by atoms with Crippen molar-refractivity contribution in [2.75, 3.05) is 19.8 Å². The number of aliphatic hydroxyl groups excluding tert-OH is 11. The SMILES string of the molecule is CC(=C/C=C/C=C(C)/C=C/C=C(\C)C(=O)O[C@@H]1O[C@H](CO[C@@H]2O[C@H](CO)[C@@H](O)[C@H](O)[C@H]2O)[C@@H](O)[C@H](O)[C@H]1O)/C=C/C=C(\C)C(=O)O[C@@H]1O[C@H](CO)[C@@H](O)[C@H](O)[C@H]1O. The van der Waals surface area contributed by atoms with Gasteiger partial charge in [0.15, 0.2) is 6.29 Å². The summed E-state index contributed by atoms with van der Waals surface area (Å²) in [7, 11) is 0. The third-order valence-electron chi connectivity index (χ3n) is 9.12. The number of aliphatic hydroxyl groups is 11. The topological polar surface area (TPSA) is 312 Å². The van der Waals surface area contributed by atoms with Crippen LogP contribution >= 0.6 is 0 Å². The van der Waals surface area contributed by atoms with Crippen LogP contribution < -0.4 is 0 Å². The van der Waals surface area contributed by atoms with E-state index >= 15 is 0 Å². The van der Waals surface area contributed by atoms with Gasteiger partial charge in [0.05, 0.1) is 19.8 Å². The summed E-state index contributed by atoms with van der Waals surface area (Å²) in [4.78, 5) is 25.2. The molecule has 3 aliphatic rings. The Hall–Kier alpha value is -3.48. The van der Waals surface area contributed by atoms with Crippen LogP contribution in [0.4, 0.5) is 0 Å². The highest BCUT2D eigenvalue weighted by molar-refractivity contribution is 5.88. The van der Waals surface area contributed by atoms with Crippen molar-refractivity contribution in [3.05, 3.63) is 83.1 Å². The molecule has 0 bridgehead atoms. The maximum absolute atomic E-state index is 12.7. The summed E-state index contributed by atoms with van der Waals surface area (Å²) in [5.41, 5.74) is 1.86. The van der Waals surface area contributed by atoms with Gasteiger partial charge in [0, 0.05) is 11.1 Å². The first-order valence-corrected chi connectivity index (χ1v) is 18.0. The van der Waals surface area contributed by atoms with Gasteiger partial charge in [0.2, 0.25) is 12.6 Å². The zero-order valence-electron chi connectivity index (χ0n) is 31.7. The molecule has 0 aromatic heterocycles. The maximum Gasteiger partial charge on any atom is 0.336 e. The van der Waals surface area contributed by atoms with Gasteiger partial charge in [0.25, 0.3) is 0 Å². The minimum atomic E-state index is -1.83. The van der Waals surface area contributed by atoms with E-state index in [-0.39, 0.29) is 11.1 Å². The van der Waals surface area contributed by atoms with Crippen LogP contribution in [0, 0.1) is 0 Å². The number of hydrogen-bond acceptors (Lipinski definition) is 19. The summed E-state index contributed by atoms with van der Waals surface area (Å²) in [5.74, 6) is -1.75. The molecule has 0 spiro atoms. The number of esters is 2. The summed E-state index contributed by atoms with van der Waals surface area (Å²) < 4.78 is 31.6. The Labute approximate surface area is 328 Å². The second-order valence-electron chi connectivity index (χ2n) is 13.7. The summed E-state index contributed by atoms with van der Waals surface area (Å²) >= 11 is 0. The molecule has 0 amide bonds. The van der Waals surface area contributed by atoms with Gasteiger partial charge in [-0.3, -0.25) is 0 Å². The molecule has 3 fully saturated rings. The predicted octanol–water partition coefficient (Wildman–Crippen LogP) is -3.05. The normalized spacial score (nSPS) is 37.6. The smallest absolute Gasteiger partial charge is 0.336 e. The van der Waals surface area contributed by atoms with Crippen molar-refractivity contribution in [2.45, 2.75) is 120 Å². The van der Waals surface area contributed by atoms with Crippen LogP contribution in [0.2, 0.25) is 0 Å². The van der Waals surface area contributed by atoms with Crippen molar-refractivity contribution in [3.63, 3.8) is 0 Å². The fourth-order valence-corrected chi connectivity index (χ4v) is 5.46. The zero-order valence-corrected chi connectivity index (χ0v) is 31.7. The Morgan fingerprint density at radius 2 is 0.825 bits per heavy atom. The molecular weight excluding hydrogens is 760 g/mol. The molecule has 320 valence electrons. The molecule has 0 aliphatic carbocycles. The van der Waals surface area contributed by atoms with Crippen molar-refractivity contribution >= 4 is 11.9 Å². The number of ether oxygens (including phenoxy) is 6. The summed E-state index contributed by atoms with van der Waals surface area (Å²) in [6.07, 6.45) is -7.55. The summed E-state index contributed by atoms with van der Waals surface area (Å²) in [6, 6.07) is 0. The molecule has 0 aromatic rings. The van der Waals surface area contributed by atoms with Crippen molar-refractivity contribution in [1.82, 2.24) is 0 Å². The molecule has 19 nitrogen and oxygen atoms in total. The molecule has 0 aromatic carbocycles. The number of carbonyl (C=O) groups is 2. The lowest BCUT2D eigenvalue weighted by Crippen LogP contribution is -2.61. The van der Waals surface area contributed by atoms with Crippen LogP contribution in [0.25, 0.3) is 0 Å². The molecule has 57 heavy (non-hydrogen) atoms. The fourth-order valence-electron chi connectivity index (χ4n) is 5.46. The number of allylic oxidation sites excluding steroid dienone is 12. The minimum absolute atomic E-state index is 0.0944. The van der Waals surface area contributed by atoms with Gasteiger partial charge >= 0.3 is 11.9 Å². The molecular formula is C38H54O19. The van der Waals surface area contributed by atoms with Gasteiger partial charge < -0.3 is 84.6 Å². The Morgan fingerprint density at radius 1 is 0.474 bits per heavy atom. The molecule has 3 rings (SSSR count). The average molecular weight is 815 g/mol. The molecule has 0 radical (unpaired) electrons. The maximum atomic E-state index is 12.7. The monoisotopic (exact) mass is 814 g/mol. The molecule has 11 N–H and O–H groups in total. The van der Waals surface area contributed by atoms with Crippen LogP contribution in [-0.2, 0) is 38.0 Å². The van der Waals surface area contributed by atoms with Crippen molar-refractivity contribution < 1.29 is 94.2 Å². The number of hydrogen-bond donors (Lipinski definition) is 11. The molecule has 3 aliphatic heterocycles. The highest BCUT2D eigenvalue weighted by atomic mass is 16.7. The first kappa shape index (κ1) is 47.9. The van der Waals surface area contributed by atoms with Crippen molar-refractivity contribution in [1.29, 1.82) is 0 Å². The second-order valence-corrected chi connectivity index (χ2v) is 13.7. The van der Waals surface area contributed by atoms with Gasteiger partial charge in [-0.2, -0.15) is 0 Å². The Kier molecular flexibility index (Phi) is 19.0. The molecule has 3 heterocycles. The molecule has 19 heteroatoms. The van der Waals surface area contributed by atoms with E-state index in [4.69, 9.17) is 28.4 Å². The van der Waals surface area contributed by atoms with E-state index in [0.717, 1.165) is 11.1 Å². The molecule has 3 saturated heterocycles. The largest absolute Gasteiger partial charge is 0.429 e. The van der Waals surface area contributed by atoms with E-state index in [1.54, 1.807) is 55.5 Å². The van der Waals surface area contributed by atoms with Gasteiger partial charge in [-0.25, -0.2) is 9.59 Å². The van der Waals surface area contributed by atoms with Crippen molar-refractivity contribution in [3.8, 4) is 0 Å². The van der Waals surface area contributed by atoms with E-state index in [1.807, 2.05) is 6.92 Å². The van der Waals surface area contributed by atoms with Crippen molar-refractivity contribution in [2.24, 2.45) is 0 Å². The van der Waals surface area contributed by atoms with Gasteiger partial charge in [-0.05, 0) is 27.7 Å². The van der Waals surface area contributed by atoms with Crippen LogP contribution in [0.1, 0.15) is 27.7 Å². The van der Waals surface area contributed by atoms with Crippen LogP contribution in [-0.4, -0.2) is 180 Å². The quantitative estimate of drug-likeness (QED) is 0.0445. The summed E-state index contributed by atoms with van der Waals surface area (Å²) in [6.45, 7) is 4.59. The summed E-state index contributed by atoms with van der Waals surface area (Å²) in [5, 5.41) is 110. The lowest BCUT2D eigenvalue weighted by atomic mass is 9.98. The van der Waals surface area contributed by atoms with Gasteiger partial charge in [0.1, 0.15) is 73.2 Å². The lowest BCUT2D eigenvalue weighted by molar-refractivity contribution is -0.326. The van der Waals surface area contributed by atoms with E-state index in [1.165, 1.54) is 26.0 Å². The Bertz CT molecular complexity index is 1550. The highest BCUT2D eigenvalue weighted by Crippen LogP contribution is 2.27. The third kappa shape index (κ3) is 13.3. The highest BCUT2D eigenvalue weighted by Gasteiger charge is 2.48. The first-order chi connectivity index (χ1) is 26.9. The Balaban J connectivity index is 1.48. The number of rotatable bonds is 15. The molecule has 15 atom stereocenters. The standard InChI is InChI=1S/C38H54O19/c1-18(11-7-13-20(3)34(50)56-37-32(48)29(45)26(42)23(16-40)54-37)9-5-6-10-19(2)12-8-14-21(4)35(51)57-38-33(49)30(46)27(43)24(55-38)17-52-36-31(47)28(44)25(41)22(15-39)53-36/h5-14,22-33,36-49H,15-17H2,1-4H3/b6-5+,11-7+,12-8+,18-9-,19-10+,20-13+,21-14+/t22-,23-,24-,25-,26-,27-,28+,29+,30+,31-,32-,33-,36-,37+,38+/m1/s1. The van der Waals surface area contributed by atoms with E-state index in [0.29, 0.717) is 0 Å². The van der Waals surface area contributed by atoms with Crippen LogP contribution in [0.15, 0.2) is 83.1 Å². The van der Waals surface area contributed by atoms with Crippen LogP contribution in [0.3, 0.4) is 0 Å². The van der Waals surface area contributed by atoms with Crippen LogP contribution in [0.5, 0.6) is 0 Å². The first-order valence-electron chi connectivity index (χ1n) is 18.0. The second kappa shape index (κ2) is 22.6. The molecule has 0 unspecified atom stereocenters. The van der Waals surface area contributed by atoms with Gasteiger partial charge in [-0.15, -0.1) is 0 Å². The lowest BCUT2D eigenvalue weighted by Gasteiger charge is -2.42. The van der Waals surface area contributed by atoms with E-state index in [9.17, 15) is 65.8 Å². The number of carbonyl (C=O) groups excluding carboxylic acids is 2. The fraction of sp³-hybridized carbons (Fsp3) is 0.579. The van der Waals surface area contributed by atoms with Gasteiger partial charge in [-0.1, -0.05) is 71.9 Å². The Morgan fingerprint density at radius 3 is 1.23 bits per heavy atom. The van der Waals surface area contributed by atoms with E-state index < -0.39 is 124 Å². The molecule has 0 saturated carbocycles. The predicted molar refractivity (Wildman–Crippen MR) is 195 cm³/mol. The zero-order chi connectivity index (χ0) is 42.6. The van der Waals surface area contributed by atoms with E-state index in [2.05, 4.69) is 0 Å². The minimum Gasteiger partial charge on any atom is -0.429 e. The average Bonchev–Trinajstić information content (AvgIpc) is 3.18.